The summed E-state index contributed by atoms with van der Waals surface area (Å²) in [6.45, 7) is 7.56. The number of ether oxygens (including phenoxy) is 1. The summed E-state index contributed by atoms with van der Waals surface area (Å²) in [6, 6.07) is 6.63. The standard InChI is InChI=1S/C23H29FN4O3S/c1-2-31-23(30)17-7-9-28(10-8-17)22(29)20-16-32-21(25-20)15-26-11-13-27(14-12-26)19-5-3-18(24)4-6-19/h3-6,16-17H,2,7-15H2,1H3. The number of esters is 1. The molecule has 1 aromatic heterocycles. The van der Waals surface area contributed by atoms with Crippen molar-refractivity contribution >= 4 is 28.9 Å². The second-order valence-corrected chi connectivity index (χ2v) is 9.13. The van der Waals surface area contributed by atoms with Crippen LogP contribution in [0.4, 0.5) is 10.1 Å². The van der Waals surface area contributed by atoms with E-state index in [9.17, 15) is 14.0 Å². The maximum Gasteiger partial charge on any atom is 0.309 e. The zero-order valence-corrected chi connectivity index (χ0v) is 19.2. The number of carbonyl (C=O) groups excluding carboxylic acids is 2. The van der Waals surface area contributed by atoms with Gasteiger partial charge in [0.25, 0.3) is 5.91 Å². The number of rotatable bonds is 6. The molecule has 9 heteroatoms. The Morgan fingerprint density at radius 1 is 1.09 bits per heavy atom. The first kappa shape index (κ1) is 22.7. The Kier molecular flexibility index (Phi) is 7.36. The lowest BCUT2D eigenvalue weighted by molar-refractivity contribution is -0.149. The second-order valence-electron chi connectivity index (χ2n) is 8.18. The third kappa shape index (κ3) is 5.45. The maximum absolute atomic E-state index is 13.1. The van der Waals surface area contributed by atoms with Crippen molar-refractivity contribution in [3.63, 3.8) is 0 Å². The smallest absolute Gasteiger partial charge is 0.309 e. The van der Waals surface area contributed by atoms with Crippen LogP contribution >= 0.6 is 11.3 Å². The average molecular weight is 461 g/mol. The summed E-state index contributed by atoms with van der Waals surface area (Å²) in [7, 11) is 0. The number of likely N-dealkylation sites (tertiary alicyclic amines) is 1. The van der Waals surface area contributed by atoms with E-state index in [-0.39, 0.29) is 23.6 Å². The van der Waals surface area contributed by atoms with Gasteiger partial charge in [-0.2, -0.15) is 0 Å². The van der Waals surface area contributed by atoms with Crippen molar-refractivity contribution in [1.29, 1.82) is 0 Å². The lowest BCUT2D eigenvalue weighted by Crippen LogP contribution is -2.46. The molecule has 1 amide bonds. The quantitative estimate of drug-likeness (QED) is 0.618. The molecule has 2 saturated heterocycles. The third-order valence-electron chi connectivity index (χ3n) is 6.10. The molecular formula is C23H29FN4O3S. The van der Waals surface area contributed by atoms with E-state index >= 15 is 0 Å². The van der Waals surface area contributed by atoms with E-state index in [1.54, 1.807) is 4.90 Å². The van der Waals surface area contributed by atoms with E-state index in [1.807, 2.05) is 24.4 Å². The summed E-state index contributed by atoms with van der Waals surface area (Å²) in [5, 5.41) is 2.77. The fraction of sp³-hybridized carbons (Fsp3) is 0.522. The van der Waals surface area contributed by atoms with Gasteiger partial charge in [0.05, 0.1) is 19.1 Å². The van der Waals surface area contributed by atoms with Crippen LogP contribution in [0, 0.1) is 11.7 Å². The number of carbonyl (C=O) groups is 2. The predicted octanol–water partition coefficient (Wildman–Crippen LogP) is 3.02. The van der Waals surface area contributed by atoms with Crippen LogP contribution in [0.15, 0.2) is 29.6 Å². The van der Waals surface area contributed by atoms with Gasteiger partial charge in [-0.3, -0.25) is 14.5 Å². The highest BCUT2D eigenvalue weighted by atomic mass is 32.1. The van der Waals surface area contributed by atoms with Crippen LogP contribution in [0.5, 0.6) is 0 Å². The van der Waals surface area contributed by atoms with Crippen LogP contribution in [0.25, 0.3) is 0 Å². The van der Waals surface area contributed by atoms with Gasteiger partial charge in [-0.15, -0.1) is 11.3 Å². The SMILES string of the molecule is CCOC(=O)C1CCN(C(=O)c2csc(CN3CCN(c4ccc(F)cc4)CC3)n2)CC1. The maximum atomic E-state index is 13.1. The largest absolute Gasteiger partial charge is 0.466 e. The van der Waals surface area contributed by atoms with E-state index in [4.69, 9.17) is 4.74 Å². The van der Waals surface area contributed by atoms with Crippen molar-refractivity contribution in [2.24, 2.45) is 5.92 Å². The number of halogens is 1. The number of anilines is 1. The average Bonchev–Trinajstić information content (AvgIpc) is 3.28. The first-order chi connectivity index (χ1) is 15.5. The summed E-state index contributed by atoms with van der Waals surface area (Å²) < 4.78 is 18.2. The van der Waals surface area contributed by atoms with Gasteiger partial charge in [-0.25, -0.2) is 9.37 Å². The summed E-state index contributed by atoms with van der Waals surface area (Å²) in [5.41, 5.74) is 1.53. The number of amides is 1. The van der Waals surface area contributed by atoms with Crippen LogP contribution in [0.2, 0.25) is 0 Å². The molecular weight excluding hydrogens is 431 g/mol. The van der Waals surface area contributed by atoms with Crippen LogP contribution in [0.3, 0.4) is 0 Å². The Labute approximate surface area is 191 Å². The Bertz CT molecular complexity index is 920. The molecule has 2 fully saturated rings. The first-order valence-electron chi connectivity index (χ1n) is 11.2. The van der Waals surface area contributed by atoms with Gasteiger partial charge in [-0.05, 0) is 44.0 Å². The first-order valence-corrected chi connectivity index (χ1v) is 12.0. The van der Waals surface area contributed by atoms with E-state index in [1.165, 1.54) is 23.5 Å². The van der Waals surface area contributed by atoms with Gasteiger partial charge >= 0.3 is 5.97 Å². The lowest BCUT2D eigenvalue weighted by Gasteiger charge is -2.35. The molecule has 2 aliphatic rings. The van der Waals surface area contributed by atoms with E-state index in [0.717, 1.165) is 43.4 Å². The molecule has 0 bridgehead atoms. The lowest BCUT2D eigenvalue weighted by atomic mass is 9.97. The minimum Gasteiger partial charge on any atom is -0.466 e. The number of hydrogen-bond acceptors (Lipinski definition) is 7. The Balaban J connectivity index is 1.25. The van der Waals surface area contributed by atoms with E-state index in [0.29, 0.717) is 38.2 Å². The minimum atomic E-state index is -0.218. The highest BCUT2D eigenvalue weighted by molar-refractivity contribution is 7.09. The number of piperazine rings is 1. The third-order valence-corrected chi connectivity index (χ3v) is 6.93. The van der Waals surface area contributed by atoms with Gasteiger partial charge in [0.2, 0.25) is 0 Å². The van der Waals surface area contributed by atoms with Gasteiger partial charge in [0.1, 0.15) is 16.5 Å². The van der Waals surface area contributed by atoms with Crippen molar-refractivity contribution in [1.82, 2.24) is 14.8 Å². The molecule has 2 aromatic rings. The zero-order chi connectivity index (χ0) is 22.5. The second kappa shape index (κ2) is 10.4. The fourth-order valence-corrected chi connectivity index (χ4v) is 5.04. The molecule has 3 heterocycles. The molecule has 0 spiro atoms. The monoisotopic (exact) mass is 460 g/mol. The number of thiazole rings is 1. The molecule has 2 aliphatic heterocycles. The molecule has 7 nitrogen and oxygen atoms in total. The predicted molar refractivity (Wildman–Crippen MR) is 121 cm³/mol. The highest BCUT2D eigenvalue weighted by Gasteiger charge is 2.29. The number of piperidine rings is 1. The molecule has 0 aliphatic carbocycles. The normalized spacial score (nSPS) is 18.1. The van der Waals surface area contributed by atoms with Crippen molar-refractivity contribution in [2.45, 2.75) is 26.3 Å². The molecule has 0 radical (unpaired) electrons. The zero-order valence-electron chi connectivity index (χ0n) is 18.3. The van der Waals surface area contributed by atoms with Crippen LogP contribution in [-0.4, -0.2) is 72.5 Å². The number of hydrogen-bond donors (Lipinski definition) is 0. The van der Waals surface area contributed by atoms with Gasteiger partial charge in [-0.1, -0.05) is 0 Å². The molecule has 0 saturated carbocycles. The summed E-state index contributed by atoms with van der Waals surface area (Å²) in [4.78, 5) is 35.7. The summed E-state index contributed by atoms with van der Waals surface area (Å²) in [6.07, 6.45) is 1.28. The highest BCUT2D eigenvalue weighted by Crippen LogP contribution is 2.22. The fourth-order valence-electron chi connectivity index (χ4n) is 4.23. The number of aromatic nitrogens is 1. The van der Waals surface area contributed by atoms with E-state index in [2.05, 4.69) is 14.8 Å². The molecule has 32 heavy (non-hydrogen) atoms. The van der Waals surface area contributed by atoms with Crippen molar-refractivity contribution < 1.29 is 18.7 Å². The van der Waals surface area contributed by atoms with Gasteiger partial charge in [0, 0.05) is 50.3 Å². The topological polar surface area (TPSA) is 66.0 Å². The minimum absolute atomic E-state index is 0.0593. The Hall–Kier alpha value is -2.52. The molecule has 0 unspecified atom stereocenters. The van der Waals surface area contributed by atoms with Crippen molar-refractivity contribution in [3.05, 3.63) is 46.2 Å². The summed E-state index contributed by atoms with van der Waals surface area (Å²) >= 11 is 1.52. The summed E-state index contributed by atoms with van der Waals surface area (Å²) in [5.74, 6) is -0.547. The van der Waals surface area contributed by atoms with Crippen molar-refractivity contribution in [2.75, 3.05) is 50.8 Å². The van der Waals surface area contributed by atoms with Crippen molar-refractivity contribution in [3.8, 4) is 0 Å². The number of nitrogens with zero attached hydrogens (tertiary/aromatic N) is 4. The van der Waals surface area contributed by atoms with Gasteiger partial charge < -0.3 is 14.5 Å². The molecule has 1 aromatic carbocycles. The van der Waals surface area contributed by atoms with Crippen LogP contribution in [0.1, 0.15) is 35.3 Å². The van der Waals surface area contributed by atoms with Crippen LogP contribution in [-0.2, 0) is 16.1 Å². The van der Waals surface area contributed by atoms with Gasteiger partial charge in [0.15, 0.2) is 0 Å². The Morgan fingerprint density at radius 2 is 1.78 bits per heavy atom. The molecule has 4 rings (SSSR count). The van der Waals surface area contributed by atoms with Crippen LogP contribution < -0.4 is 4.90 Å². The van der Waals surface area contributed by atoms with E-state index < -0.39 is 0 Å². The Morgan fingerprint density at radius 3 is 2.44 bits per heavy atom. The number of benzene rings is 1. The molecule has 0 atom stereocenters. The molecule has 0 N–H and O–H groups in total. The molecule has 172 valence electrons.